The molecule has 2 N–H and O–H groups in total. The number of rotatable bonds is 5. The third-order valence-electron chi connectivity index (χ3n) is 3.88. The van der Waals surface area contributed by atoms with E-state index in [0.717, 1.165) is 6.54 Å². The van der Waals surface area contributed by atoms with Gasteiger partial charge in [0.05, 0.1) is 3.79 Å². The van der Waals surface area contributed by atoms with Crippen LogP contribution in [0, 0.1) is 20.8 Å². The number of hydrogen-bond acceptors (Lipinski definition) is 3. The summed E-state index contributed by atoms with van der Waals surface area (Å²) in [6.45, 7) is 8.07. The van der Waals surface area contributed by atoms with Crippen LogP contribution in [0.2, 0.25) is 0 Å². The van der Waals surface area contributed by atoms with Crippen molar-refractivity contribution in [2.75, 3.05) is 13.6 Å². The van der Waals surface area contributed by atoms with Gasteiger partial charge in [0.15, 0.2) is 0 Å². The van der Waals surface area contributed by atoms with Crippen LogP contribution in [-0.2, 0) is 6.54 Å². The van der Waals surface area contributed by atoms with Crippen molar-refractivity contribution in [3.63, 3.8) is 0 Å². The fraction of sp³-hybridized carbons (Fsp3) is 0.412. The fourth-order valence-electron chi connectivity index (χ4n) is 3.06. The lowest BCUT2D eigenvalue weighted by Crippen LogP contribution is -2.31. The van der Waals surface area contributed by atoms with Crippen LogP contribution in [0.1, 0.15) is 33.9 Å². The number of nitrogens with zero attached hydrogens (tertiary/aromatic N) is 1. The van der Waals surface area contributed by atoms with E-state index in [0.29, 0.717) is 6.54 Å². The zero-order valence-corrected chi connectivity index (χ0v) is 15.5. The van der Waals surface area contributed by atoms with Crippen molar-refractivity contribution in [3.05, 3.63) is 55.2 Å². The molecule has 0 spiro atoms. The van der Waals surface area contributed by atoms with E-state index in [2.05, 4.69) is 72.2 Å². The van der Waals surface area contributed by atoms with Crippen molar-refractivity contribution in [3.8, 4) is 0 Å². The molecule has 114 valence electrons. The maximum absolute atomic E-state index is 6.09. The summed E-state index contributed by atoms with van der Waals surface area (Å²) in [4.78, 5) is 2.35. The molecule has 1 unspecified atom stereocenters. The molecule has 2 aromatic rings. The van der Waals surface area contributed by atoms with Crippen molar-refractivity contribution >= 4 is 27.3 Å². The number of hydrogen-bond donors (Lipinski definition) is 1. The number of halogens is 1. The molecule has 0 fully saturated rings. The van der Waals surface area contributed by atoms with Crippen molar-refractivity contribution in [1.82, 2.24) is 4.90 Å². The molecule has 21 heavy (non-hydrogen) atoms. The van der Waals surface area contributed by atoms with Gasteiger partial charge in [0.25, 0.3) is 0 Å². The molecule has 4 heteroatoms. The quantitative estimate of drug-likeness (QED) is 0.839. The van der Waals surface area contributed by atoms with Crippen LogP contribution in [0.15, 0.2) is 27.4 Å². The highest BCUT2D eigenvalue weighted by molar-refractivity contribution is 9.11. The molecule has 1 aromatic heterocycles. The number of aryl methyl sites for hydroxylation is 3. The van der Waals surface area contributed by atoms with Gasteiger partial charge in [-0.1, -0.05) is 17.7 Å². The maximum Gasteiger partial charge on any atom is 0.0701 e. The molecule has 1 aromatic carbocycles. The minimum Gasteiger partial charge on any atom is -0.329 e. The Balaban J connectivity index is 2.27. The standard InChI is InChI=1S/C17H23BrN2S/c1-11-5-12(2)17(13(3)6-11)15(8-19)20(4)9-14-7-16(18)21-10-14/h5-7,10,15H,8-9,19H2,1-4H3. The van der Waals surface area contributed by atoms with E-state index >= 15 is 0 Å². The van der Waals surface area contributed by atoms with E-state index in [4.69, 9.17) is 5.73 Å². The lowest BCUT2D eigenvalue weighted by Gasteiger charge is -2.30. The molecule has 1 atom stereocenters. The van der Waals surface area contributed by atoms with Crippen molar-refractivity contribution in [2.45, 2.75) is 33.4 Å². The van der Waals surface area contributed by atoms with Gasteiger partial charge >= 0.3 is 0 Å². The Morgan fingerprint density at radius 2 is 1.81 bits per heavy atom. The van der Waals surface area contributed by atoms with Gasteiger partial charge in [0.2, 0.25) is 0 Å². The molecule has 0 amide bonds. The third kappa shape index (κ3) is 3.95. The fourth-order valence-corrected chi connectivity index (χ4v) is 4.26. The van der Waals surface area contributed by atoms with E-state index in [1.165, 1.54) is 31.6 Å². The number of benzene rings is 1. The normalized spacial score (nSPS) is 12.9. The van der Waals surface area contributed by atoms with Gasteiger partial charge < -0.3 is 5.73 Å². The van der Waals surface area contributed by atoms with Crippen LogP contribution >= 0.6 is 27.3 Å². The van der Waals surface area contributed by atoms with Crippen LogP contribution in [0.5, 0.6) is 0 Å². The average Bonchev–Trinajstić information content (AvgIpc) is 2.78. The number of thiophene rings is 1. The highest BCUT2D eigenvalue weighted by atomic mass is 79.9. The smallest absolute Gasteiger partial charge is 0.0701 e. The van der Waals surface area contributed by atoms with Crippen molar-refractivity contribution < 1.29 is 0 Å². The van der Waals surface area contributed by atoms with Crippen LogP contribution in [-0.4, -0.2) is 18.5 Å². The van der Waals surface area contributed by atoms with Gasteiger partial charge in [-0.25, -0.2) is 0 Å². The Bertz CT molecular complexity index is 598. The van der Waals surface area contributed by atoms with Gasteiger partial charge in [-0.2, -0.15) is 0 Å². The van der Waals surface area contributed by atoms with E-state index in [9.17, 15) is 0 Å². The summed E-state index contributed by atoms with van der Waals surface area (Å²) in [6.07, 6.45) is 0. The molecule has 2 rings (SSSR count). The Morgan fingerprint density at radius 3 is 2.29 bits per heavy atom. The lowest BCUT2D eigenvalue weighted by molar-refractivity contribution is 0.240. The Hall–Kier alpha value is -0.680. The predicted octanol–water partition coefficient (Wildman–Crippen LogP) is 4.57. The summed E-state index contributed by atoms with van der Waals surface area (Å²) in [5.41, 5.74) is 12.8. The molecular weight excluding hydrogens is 344 g/mol. The Labute approximate surface area is 140 Å². The summed E-state index contributed by atoms with van der Waals surface area (Å²) >= 11 is 5.26. The second-order valence-electron chi connectivity index (χ2n) is 5.74. The first kappa shape index (κ1) is 16.7. The zero-order chi connectivity index (χ0) is 15.6. The molecule has 1 heterocycles. The highest BCUT2D eigenvalue weighted by Gasteiger charge is 2.20. The van der Waals surface area contributed by atoms with Gasteiger partial charge in [-0.15, -0.1) is 11.3 Å². The Kier molecular flexibility index (Phi) is 5.60. The average molecular weight is 367 g/mol. The zero-order valence-electron chi connectivity index (χ0n) is 13.1. The van der Waals surface area contributed by atoms with Crippen LogP contribution in [0.3, 0.4) is 0 Å². The molecular formula is C17H23BrN2S. The minimum absolute atomic E-state index is 0.254. The molecule has 0 aliphatic heterocycles. The molecule has 0 aliphatic rings. The summed E-state index contributed by atoms with van der Waals surface area (Å²) in [5.74, 6) is 0. The van der Waals surface area contributed by atoms with E-state index in [1.54, 1.807) is 11.3 Å². The Morgan fingerprint density at radius 1 is 1.19 bits per heavy atom. The molecule has 0 bridgehead atoms. The summed E-state index contributed by atoms with van der Waals surface area (Å²) in [5, 5.41) is 2.20. The predicted molar refractivity (Wildman–Crippen MR) is 95.9 cm³/mol. The maximum atomic E-state index is 6.09. The van der Waals surface area contributed by atoms with E-state index in [-0.39, 0.29) is 6.04 Å². The number of nitrogens with two attached hydrogens (primary N) is 1. The monoisotopic (exact) mass is 366 g/mol. The van der Waals surface area contributed by atoms with Crippen LogP contribution in [0.25, 0.3) is 0 Å². The van der Waals surface area contributed by atoms with E-state index < -0.39 is 0 Å². The molecule has 0 saturated heterocycles. The first-order chi connectivity index (χ1) is 9.92. The van der Waals surface area contributed by atoms with Gasteiger partial charge in [0.1, 0.15) is 0 Å². The van der Waals surface area contributed by atoms with Crippen molar-refractivity contribution in [2.24, 2.45) is 5.73 Å². The molecule has 0 aliphatic carbocycles. The lowest BCUT2D eigenvalue weighted by atomic mass is 9.93. The largest absolute Gasteiger partial charge is 0.329 e. The first-order valence-corrected chi connectivity index (χ1v) is 8.80. The molecule has 0 saturated carbocycles. The minimum atomic E-state index is 0.254. The second kappa shape index (κ2) is 7.05. The summed E-state index contributed by atoms with van der Waals surface area (Å²) in [7, 11) is 2.15. The SMILES string of the molecule is Cc1cc(C)c(C(CN)N(C)Cc2csc(Br)c2)c(C)c1. The van der Waals surface area contributed by atoms with Crippen LogP contribution < -0.4 is 5.73 Å². The first-order valence-electron chi connectivity index (χ1n) is 7.13. The molecule has 2 nitrogen and oxygen atoms in total. The summed E-state index contributed by atoms with van der Waals surface area (Å²) < 4.78 is 1.18. The second-order valence-corrected chi connectivity index (χ2v) is 8.03. The van der Waals surface area contributed by atoms with E-state index in [1.807, 2.05) is 0 Å². The third-order valence-corrected chi connectivity index (χ3v) is 5.43. The highest BCUT2D eigenvalue weighted by Crippen LogP contribution is 2.29. The van der Waals surface area contributed by atoms with Crippen molar-refractivity contribution in [1.29, 1.82) is 0 Å². The van der Waals surface area contributed by atoms with Crippen LogP contribution in [0.4, 0.5) is 0 Å². The van der Waals surface area contributed by atoms with Gasteiger partial charge in [-0.3, -0.25) is 4.90 Å². The van der Waals surface area contributed by atoms with Gasteiger partial charge in [0, 0.05) is 19.1 Å². The summed E-state index contributed by atoms with van der Waals surface area (Å²) in [6, 6.07) is 6.94. The van der Waals surface area contributed by atoms with Gasteiger partial charge in [-0.05, 0) is 77.4 Å². The number of likely N-dealkylation sites (N-methyl/N-ethyl adjacent to an activating group) is 1. The molecule has 0 radical (unpaired) electrons. The topological polar surface area (TPSA) is 29.3 Å².